The van der Waals surface area contributed by atoms with E-state index in [1.165, 1.54) is 12.1 Å². The van der Waals surface area contributed by atoms with Crippen molar-refractivity contribution >= 4 is 40.4 Å². The van der Waals surface area contributed by atoms with E-state index in [1.54, 1.807) is 6.20 Å². The summed E-state index contributed by atoms with van der Waals surface area (Å²) in [6, 6.07) is 15.7. The Morgan fingerprint density at radius 2 is 1.91 bits per heavy atom. The van der Waals surface area contributed by atoms with E-state index in [1.807, 2.05) is 18.2 Å². The van der Waals surface area contributed by atoms with Crippen LogP contribution in [0, 0.1) is 6.92 Å². The van der Waals surface area contributed by atoms with E-state index in [4.69, 9.17) is 11.6 Å². The number of likely N-dealkylation sites (N-methyl/N-ethyl adjacent to an activating group) is 1. The van der Waals surface area contributed by atoms with Crippen LogP contribution in [0.3, 0.4) is 0 Å². The monoisotopic (exact) mass is 493 g/mol. The Balaban J connectivity index is 1.48. The first-order valence-electron chi connectivity index (χ1n) is 12.2. The Morgan fingerprint density at radius 1 is 1.11 bits per heavy atom. The van der Waals surface area contributed by atoms with Gasteiger partial charge in [0.25, 0.3) is 0 Å². The van der Waals surface area contributed by atoms with Crippen LogP contribution in [0.25, 0.3) is 0 Å². The van der Waals surface area contributed by atoms with Crippen molar-refractivity contribution < 1.29 is 0 Å². The molecule has 2 aromatic carbocycles. The molecule has 3 N–H and O–H groups in total. The molecule has 1 aromatic heterocycles. The summed E-state index contributed by atoms with van der Waals surface area (Å²) in [5.41, 5.74) is 5.49. The van der Waals surface area contributed by atoms with Crippen LogP contribution >= 0.6 is 11.6 Å². The molecule has 1 aliphatic rings. The molecule has 2 heterocycles. The molecule has 1 fully saturated rings. The number of hydrogen-bond acceptors (Lipinski definition) is 7. The SMILES string of the molecule is Cc1cc(N2CC[C@H](N(C)C)C2)ccc1Nc1ncc(Cl)c(Nc2ccccc2CNC(C)C)n1. The van der Waals surface area contributed by atoms with Crippen LogP contribution in [0.15, 0.2) is 48.7 Å². The summed E-state index contributed by atoms with van der Waals surface area (Å²) < 4.78 is 0. The van der Waals surface area contributed by atoms with Crippen LogP contribution < -0.4 is 20.9 Å². The molecule has 1 aliphatic heterocycles. The van der Waals surface area contributed by atoms with Gasteiger partial charge in [0.05, 0.1) is 6.20 Å². The first kappa shape index (κ1) is 25.2. The zero-order valence-corrected chi connectivity index (χ0v) is 22.0. The normalized spacial score (nSPS) is 15.8. The maximum Gasteiger partial charge on any atom is 0.229 e. The van der Waals surface area contributed by atoms with Crippen molar-refractivity contribution in [3.8, 4) is 0 Å². The predicted octanol–water partition coefficient (Wildman–Crippen LogP) is 5.56. The van der Waals surface area contributed by atoms with E-state index < -0.39 is 0 Å². The van der Waals surface area contributed by atoms with E-state index in [-0.39, 0.29) is 0 Å². The summed E-state index contributed by atoms with van der Waals surface area (Å²) in [5, 5.41) is 10.7. The fourth-order valence-corrected chi connectivity index (χ4v) is 4.39. The third-order valence-electron chi connectivity index (χ3n) is 6.43. The average Bonchev–Trinajstić information content (AvgIpc) is 3.33. The number of para-hydroxylation sites is 1. The van der Waals surface area contributed by atoms with E-state index in [0.29, 0.717) is 28.9 Å². The maximum atomic E-state index is 6.45. The molecule has 1 atom stereocenters. The lowest BCUT2D eigenvalue weighted by atomic mass is 10.1. The Morgan fingerprint density at radius 3 is 2.63 bits per heavy atom. The summed E-state index contributed by atoms with van der Waals surface area (Å²) in [4.78, 5) is 13.8. The van der Waals surface area contributed by atoms with Gasteiger partial charge >= 0.3 is 0 Å². The summed E-state index contributed by atoms with van der Waals surface area (Å²) >= 11 is 6.45. The Bertz CT molecular complexity index is 1150. The minimum absolute atomic E-state index is 0.399. The van der Waals surface area contributed by atoms with Crippen molar-refractivity contribution in [2.45, 2.75) is 45.8 Å². The predicted molar refractivity (Wildman–Crippen MR) is 148 cm³/mol. The summed E-state index contributed by atoms with van der Waals surface area (Å²) in [5.74, 6) is 1.07. The van der Waals surface area contributed by atoms with Crippen molar-refractivity contribution in [3.05, 3.63) is 64.8 Å². The van der Waals surface area contributed by atoms with Gasteiger partial charge in [-0.15, -0.1) is 0 Å². The van der Waals surface area contributed by atoms with Gasteiger partial charge in [-0.2, -0.15) is 4.98 Å². The number of halogens is 1. The molecular weight excluding hydrogens is 458 g/mol. The fourth-order valence-electron chi connectivity index (χ4n) is 4.26. The second-order valence-corrected chi connectivity index (χ2v) is 10.1. The van der Waals surface area contributed by atoms with Crippen LogP contribution in [0.4, 0.5) is 28.8 Å². The van der Waals surface area contributed by atoms with E-state index in [2.05, 4.69) is 94.9 Å². The number of rotatable bonds is 9. The number of anilines is 5. The first-order valence-corrected chi connectivity index (χ1v) is 12.6. The lowest BCUT2D eigenvalue weighted by Crippen LogP contribution is -2.31. The van der Waals surface area contributed by atoms with Crippen molar-refractivity contribution in [1.82, 2.24) is 20.2 Å². The van der Waals surface area contributed by atoms with Gasteiger partial charge in [0.2, 0.25) is 5.95 Å². The van der Waals surface area contributed by atoms with Gasteiger partial charge in [-0.1, -0.05) is 43.6 Å². The van der Waals surface area contributed by atoms with Crippen LogP contribution in [0.5, 0.6) is 0 Å². The highest BCUT2D eigenvalue weighted by molar-refractivity contribution is 6.32. The molecule has 0 radical (unpaired) electrons. The summed E-state index contributed by atoms with van der Waals surface area (Å²) in [7, 11) is 4.31. The van der Waals surface area contributed by atoms with Gasteiger partial charge in [0, 0.05) is 48.8 Å². The summed E-state index contributed by atoms with van der Waals surface area (Å²) in [6.45, 7) is 9.27. The highest BCUT2D eigenvalue weighted by Gasteiger charge is 2.24. The van der Waals surface area contributed by atoms with E-state index in [0.717, 1.165) is 42.1 Å². The Labute approximate surface area is 213 Å². The molecule has 8 heteroatoms. The Hall–Kier alpha value is -2.87. The lowest BCUT2D eigenvalue weighted by Gasteiger charge is -2.22. The van der Waals surface area contributed by atoms with Crippen LogP contribution in [-0.2, 0) is 6.54 Å². The molecule has 186 valence electrons. The zero-order chi connectivity index (χ0) is 24.9. The second kappa shape index (κ2) is 11.2. The number of nitrogens with zero attached hydrogens (tertiary/aromatic N) is 4. The van der Waals surface area contributed by atoms with Crippen molar-refractivity contribution in [2.24, 2.45) is 0 Å². The molecule has 0 bridgehead atoms. The average molecular weight is 494 g/mol. The highest BCUT2D eigenvalue weighted by atomic mass is 35.5. The largest absolute Gasteiger partial charge is 0.370 e. The van der Waals surface area contributed by atoms with Gasteiger partial charge < -0.3 is 25.8 Å². The fraction of sp³-hybridized carbons (Fsp3) is 0.407. The molecular formula is C27H36ClN7. The van der Waals surface area contributed by atoms with Gasteiger partial charge in [-0.3, -0.25) is 0 Å². The van der Waals surface area contributed by atoms with Gasteiger partial charge in [-0.05, 0) is 62.8 Å². The molecule has 1 saturated heterocycles. The number of nitrogens with one attached hydrogen (secondary N) is 3. The molecule has 4 rings (SSSR count). The molecule has 3 aromatic rings. The molecule has 7 nitrogen and oxygen atoms in total. The molecule has 35 heavy (non-hydrogen) atoms. The van der Waals surface area contributed by atoms with Crippen LogP contribution in [-0.4, -0.2) is 54.1 Å². The first-order chi connectivity index (χ1) is 16.8. The highest BCUT2D eigenvalue weighted by Crippen LogP contribution is 2.30. The lowest BCUT2D eigenvalue weighted by molar-refractivity contribution is 0.315. The third-order valence-corrected chi connectivity index (χ3v) is 6.71. The van der Waals surface area contributed by atoms with Crippen molar-refractivity contribution in [2.75, 3.05) is 42.7 Å². The third kappa shape index (κ3) is 6.42. The number of benzene rings is 2. The van der Waals surface area contributed by atoms with Crippen molar-refractivity contribution in [3.63, 3.8) is 0 Å². The quantitative estimate of drug-likeness (QED) is 0.360. The maximum absolute atomic E-state index is 6.45. The molecule has 0 amide bonds. The summed E-state index contributed by atoms with van der Waals surface area (Å²) in [6.07, 6.45) is 2.82. The molecule has 0 aliphatic carbocycles. The minimum atomic E-state index is 0.399. The van der Waals surface area contributed by atoms with Crippen LogP contribution in [0.1, 0.15) is 31.4 Å². The number of aromatic nitrogens is 2. The topological polar surface area (TPSA) is 68.3 Å². The molecule has 0 spiro atoms. The molecule has 0 saturated carbocycles. The van der Waals surface area contributed by atoms with Gasteiger partial charge in [-0.25, -0.2) is 4.98 Å². The standard InChI is InChI=1S/C27H36ClN7/c1-18(2)29-15-20-8-6-7-9-25(20)31-26-23(28)16-30-27(33-26)32-24-11-10-21(14-19(24)3)35-13-12-22(17-35)34(4)5/h6-11,14,16,18,22,29H,12-13,15,17H2,1-5H3,(H2,30,31,32,33)/t22-/m0/s1. The molecule has 0 unspecified atom stereocenters. The smallest absolute Gasteiger partial charge is 0.229 e. The number of hydrogen-bond donors (Lipinski definition) is 3. The van der Waals surface area contributed by atoms with Crippen molar-refractivity contribution in [1.29, 1.82) is 0 Å². The zero-order valence-electron chi connectivity index (χ0n) is 21.3. The minimum Gasteiger partial charge on any atom is -0.370 e. The van der Waals surface area contributed by atoms with E-state index >= 15 is 0 Å². The Kier molecular flexibility index (Phi) is 8.11. The van der Waals surface area contributed by atoms with Gasteiger partial charge in [0.1, 0.15) is 5.02 Å². The van der Waals surface area contributed by atoms with E-state index in [9.17, 15) is 0 Å². The van der Waals surface area contributed by atoms with Crippen LogP contribution in [0.2, 0.25) is 5.02 Å². The number of aryl methyl sites for hydroxylation is 1. The van der Waals surface area contributed by atoms with Gasteiger partial charge in [0.15, 0.2) is 5.82 Å². The second-order valence-electron chi connectivity index (χ2n) is 9.68.